The molecule has 0 atom stereocenters. The molecule has 0 saturated carbocycles. The van der Waals surface area contributed by atoms with Gasteiger partial charge in [0.2, 0.25) is 0 Å². The largest absolute Gasteiger partial charge is 0.412 e. The maximum Gasteiger partial charge on any atom is 0 e. The molecule has 0 aliphatic heterocycles. The Morgan fingerprint density at radius 1 is 0.500 bits per heavy atom. The van der Waals surface area contributed by atoms with E-state index in [4.69, 9.17) is 0 Å². The van der Waals surface area contributed by atoms with Gasteiger partial charge in [-0.25, -0.2) is 0 Å². The van der Waals surface area contributed by atoms with Gasteiger partial charge in [-0.1, -0.05) is 0 Å². The van der Waals surface area contributed by atoms with Gasteiger partial charge in [-0.3, -0.25) is 0 Å². The van der Waals surface area contributed by atoms with Gasteiger partial charge in [0.25, 0.3) is 0 Å². The van der Waals surface area contributed by atoms with Gasteiger partial charge in [0.1, 0.15) is 0 Å². The molecule has 0 heterocycles. The SMILES string of the molecule is O.O.O.[Ag]. The Balaban J connectivity index is 0. The molecule has 0 bridgehead atoms. The van der Waals surface area contributed by atoms with Crippen LogP contribution in [0.25, 0.3) is 0 Å². The fraction of sp³-hybridized carbons (Fsp3) is 0. The summed E-state index contributed by atoms with van der Waals surface area (Å²) in [6.07, 6.45) is 0. The van der Waals surface area contributed by atoms with Crippen molar-refractivity contribution in [1.29, 1.82) is 0 Å². The van der Waals surface area contributed by atoms with E-state index in [1.54, 1.807) is 0 Å². The minimum Gasteiger partial charge on any atom is -0.412 e. The maximum absolute atomic E-state index is 0. The van der Waals surface area contributed by atoms with Crippen LogP contribution in [0.5, 0.6) is 0 Å². The van der Waals surface area contributed by atoms with Crippen LogP contribution in [0, 0.1) is 0 Å². The second-order valence-corrected chi connectivity index (χ2v) is 0. The zero-order valence-corrected chi connectivity index (χ0v) is 3.28. The predicted molar refractivity (Wildman–Crippen MR) is 10.8 cm³/mol. The molecule has 6 N–H and O–H groups in total. The summed E-state index contributed by atoms with van der Waals surface area (Å²) in [6, 6.07) is 0. The van der Waals surface area contributed by atoms with Crippen LogP contribution in [0.2, 0.25) is 0 Å². The molecular formula is H6AgO3. The third-order valence-corrected chi connectivity index (χ3v) is 0. The van der Waals surface area contributed by atoms with E-state index in [0.717, 1.165) is 0 Å². The van der Waals surface area contributed by atoms with Crippen molar-refractivity contribution in [1.82, 2.24) is 0 Å². The van der Waals surface area contributed by atoms with Gasteiger partial charge in [0.05, 0.1) is 0 Å². The second kappa shape index (κ2) is 64.6. The quantitative estimate of drug-likeness (QED) is 0.352. The van der Waals surface area contributed by atoms with Crippen molar-refractivity contribution in [3.05, 3.63) is 0 Å². The normalized spacial score (nSPS) is 0. The smallest absolute Gasteiger partial charge is 0 e. The average molecular weight is 162 g/mol. The molecule has 0 fully saturated rings. The average Bonchev–Trinajstić information content (AvgIpc) is 0. The molecule has 1 radical (unpaired) electrons. The van der Waals surface area contributed by atoms with Crippen LogP contribution < -0.4 is 0 Å². The summed E-state index contributed by atoms with van der Waals surface area (Å²) < 4.78 is 0. The molecule has 0 aromatic carbocycles. The van der Waals surface area contributed by atoms with Gasteiger partial charge in [0, 0.05) is 22.4 Å². The molecule has 0 aliphatic carbocycles. The molecule has 0 unspecified atom stereocenters. The van der Waals surface area contributed by atoms with Crippen LogP contribution in [-0.4, -0.2) is 16.4 Å². The minimum atomic E-state index is 0. The Labute approximate surface area is 39.4 Å². The van der Waals surface area contributed by atoms with E-state index < -0.39 is 0 Å². The first-order valence-corrected chi connectivity index (χ1v) is 0. The standard InChI is InChI=1S/Ag.3H2O/h;3*1H2. The summed E-state index contributed by atoms with van der Waals surface area (Å²) in [4.78, 5) is 0. The Morgan fingerprint density at radius 2 is 0.500 bits per heavy atom. The number of hydrogen-bond acceptors (Lipinski definition) is 0. The van der Waals surface area contributed by atoms with Gasteiger partial charge in [-0.2, -0.15) is 0 Å². The maximum atomic E-state index is 0. The van der Waals surface area contributed by atoms with Crippen molar-refractivity contribution < 1.29 is 38.8 Å². The summed E-state index contributed by atoms with van der Waals surface area (Å²) in [7, 11) is 0. The molecule has 0 aliphatic rings. The van der Waals surface area contributed by atoms with Crippen molar-refractivity contribution in [2.75, 3.05) is 0 Å². The van der Waals surface area contributed by atoms with Crippen molar-refractivity contribution >= 4 is 0 Å². The van der Waals surface area contributed by atoms with E-state index in [2.05, 4.69) is 0 Å². The predicted octanol–water partition coefficient (Wildman–Crippen LogP) is -2.48. The third-order valence-electron chi connectivity index (χ3n) is 0. The Hall–Kier alpha value is 0.620. The van der Waals surface area contributed by atoms with Crippen molar-refractivity contribution in [3.8, 4) is 0 Å². The van der Waals surface area contributed by atoms with Gasteiger partial charge >= 0.3 is 0 Å². The topological polar surface area (TPSA) is 94.5 Å². The Morgan fingerprint density at radius 3 is 0.500 bits per heavy atom. The van der Waals surface area contributed by atoms with Crippen molar-refractivity contribution in [3.63, 3.8) is 0 Å². The second-order valence-electron chi connectivity index (χ2n) is 0. The van der Waals surface area contributed by atoms with Crippen molar-refractivity contribution in [2.24, 2.45) is 0 Å². The molecule has 3 nitrogen and oxygen atoms in total. The van der Waals surface area contributed by atoms with E-state index in [1.807, 2.05) is 0 Å². The summed E-state index contributed by atoms with van der Waals surface area (Å²) in [5.41, 5.74) is 0. The summed E-state index contributed by atoms with van der Waals surface area (Å²) in [5.74, 6) is 0. The van der Waals surface area contributed by atoms with Gasteiger partial charge in [-0.05, 0) is 0 Å². The molecule has 0 spiro atoms. The molecule has 0 aromatic heterocycles. The summed E-state index contributed by atoms with van der Waals surface area (Å²) >= 11 is 0. The van der Waals surface area contributed by atoms with E-state index in [1.165, 1.54) is 0 Å². The van der Waals surface area contributed by atoms with Crippen LogP contribution in [0.4, 0.5) is 0 Å². The third kappa shape index (κ3) is 17.9. The molecule has 0 saturated heterocycles. The first-order chi connectivity index (χ1) is 0. The Kier molecular flexibility index (Phi) is 2540. The fourth-order valence-corrected chi connectivity index (χ4v) is 0. The van der Waals surface area contributed by atoms with E-state index in [-0.39, 0.29) is 38.8 Å². The fourth-order valence-electron chi connectivity index (χ4n) is 0. The monoisotopic (exact) mass is 161 g/mol. The number of rotatable bonds is 0. The van der Waals surface area contributed by atoms with E-state index in [0.29, 0.717) is 0 Å². The molecule has 4 heteroatoms. The van der Waals surface area contributed by atoms with Crippen LogP contribution in [0.1, 0.15) is 0 Å². The first kappa shape index (κ1) is 157. The Bertz CT molecular complexity index is 3.25. The van der Waals surface area contributed by atoms with Crippen LogP contribution in [0.3, 0.4) is 0 Å². The van der Waals surface area contributed by atoms with Gasteiger partial charge < -0.3 is 16.4 Å². The summed E-state index contributed by atoms with van der Waals surface area (Å²) in [5, 5.41) is 0. The molecule has 35 valence electrons. The van der Waals surface area contributed by atoms with Crippen LogP contribution >= 0.6 is 0 Å². The summed E-state index contributed by atoms with van der Waals surface area (Å²) in [6.45, 7) is 0. The minimum absolute atomic E-state index is 0. The van der Waals surface area contributed by atoms with E-state index in [9.17, 15) is 0 Å². The van der Waals surface area contributed by atoms with Gasteiger partial charge in [-0.15, -0.1) is 0 Å². The molecular weight excluding hydrogens is 156 g/mol. The molecule has 0 rings (SSSR count). The zero-order chi connectivity index (χ0) is 0. The molecule has 0 amide bonds. The zero-order valence-electron chi connectivity index (χ0n) is 1.80. The molecule has 4 heavy (non-hydrogen) atoms. The van der Waals surface area contributed by atoms with Crippen LogP contribution in [-0.2, 0) is 22.4 Å². The van der Waals surface area contributed by atoms with Gasteiger partial charge in [0.15, 0.2) is 0 Å². The van der Waals surface area contributed by atoms with Crippen LogP contribution in [0.15, 0.2) is 0 Å². The van der Waals surface area contributed by atoms with Crippen molar-refractivity contribution in [2.45, 2.75) is 0 Å². The first-order valence-electron chi connectivity index (χ1n) is 0. The number of hydrogen-bond donors (Lipinski definition) is 0. The molecule has 0 aromatic rings. The van der Waals surface area contributed by atoms with E-state index >= 15 is 0 Å².